The van der Waals surface area contributed by atoms with E-state index < -0.39 is 20.2 Å². The second-order valence-electron chi connectivity index (χ2n) is 6.06. The van der Waals surface area contributed by atoms with Crippen LogP contribution in [0, 0.1) is 0 Å². The van der Waals surface area contributed by atoms with Crippen LogP contribution in [0.25, 0.3) is 0 Å². The molecule has 0 bridgehead atoms. The molecule has 5 nitrogen and oxygen atoms in total. The topological polar surface area (TPSA) is 80.3 Å². The van der Waals surface area contributed by atoms with Gasteiger partial charge in [0.25, 0.3) is 0 Å². The van der Waals surface area contributed by atoms with Gasteiger partial charge in [0, 0.05) is 20.2 Å². The molecule has 2 unspecified atom stereocenters. The van der Waals surface area contributed by atoms with Crippen LogP contribution < -0.4 is 29.6 Å². The summed E-state index contributed by atoms with van der Waals surface area (Å²) >= 11 is 0. The average Bonchev–Trinajstić information content (AvgIpc) is 2.54. The maximum absolute atomic E-state index is 9.09. The fourth-order valence-electron chi connectivity index (χ4n) is 2.64. The summed E-state index contributed by atoms with van der Waals surface area (Å²) in [6.45, 7) is 15.0. The molecular weight excluding hydrogens is 357 g/mol. The van der Waals surface area contributed by atoms with E-state index in [1.54, 1.807) is 0 Å². The van der Waals surface area contributed by atoms with Crippen LogP contribution in [-0.4, -0.2) is 48.2 Å². The zero-order chi connectivity index (χ0) is 18.1. The van der Waals surface area contributed by atoms with Crippen LogP contribution in [0.2, 0.25) is 0 Å². The van der Waals surface area contributed by atoms with E-state index in [9.17, 15) is 0 Å². The van der Waals surface area contributed by atoms with Gasteiger partial charge in [-0.15, -0.1) is 0 Å². The van der Waals surface area contributed by atoms with Crippen LogP contribution >= 0.6 is 0 Å². The van der Waals surface area contributed by atoms with Crippen molar-refractivity contribution in [1.29, 1.82) is 0 Å². The van der Waals surface area contributed by atoms with Crippen molar-refractivity contribution in [3.05, 3.63) is 0 Å². The molecule has 0 N–H and O–H groups in total. The third-order valence-corrected chi connectivity index (χ3v) is 4.94. The summed E-state index contributed by atoms with van der Waals surface area (Å²) in [7, 11) is -5.90. The van der Waals surface area contributed by atoms with Gasteiger partial charge in [-0.2, -0.15) is 0 Å². The van der Waals surface area contributed by atoms with Crippen molar-refractivity contribution in [2.75, 3.05) is 26.2 Å². The van der Waals surface area contributed by atoms with Crippen LogP contribution in [-0.2, 0) is 20.2 Å². The third-order valence-electron chi connectivity index (χ3n) is 4.06. The summed E-state index contributed by atoms with van der Waals surface area (Å²) in [5, 5.41) is 0. The molecule has 2 atom stereocenters. The smallest absolute Gasteiger partial charge is 0.763 e. The second-order valence-corrected chi connectivity index (χ2v) is 8.51. The van der Waals surface area contributed by atoms with E-state index in [2.05, 4.69) is 27.7 Å². The van der Waals surface area contributed by atoms with Crippen molar-refractivity contribution in [2.45, 2.75) is 79.1 Å². The van der Waals surface area contributed by atoms with Gasteiger partial charge in [-0.1, -0.05) is 53.4 Å². The minimum atomic E-state index is -2.95. The Morgan fingerprint density at radius 3 is 0.958 bits per heavy atom. The molecule has 0 amide bonds. The number of unbranched alkanes of at least 4 members (excludes halogenated alkanes) is 4. The summed E-state index contributed by atoms with van der Waals surface area (Å²) in [4.78, 5) is 0. The van der Waals surface area contributed by atoms with Crippen LogP contribution in [0.15, 0.2) is 0 Å². The van der Waals surface area contributed by atoms with Gasteiger partial charge < -0.3 is 13.6 Å². The minimum Gasteiger partial charge on any atom is -0.763 e. The Morgan fingerprint density at radius 1 is 0.625 bits per heavy atom. The zero-order valence-corrected chi connectivity index (χ0v) is 20.0. The van der Waals surface area contributed by atoms with E-state index in [4.69, 9.17) is 17.5 Å². The molecule has 0 heterocycles. The molecule has 0 fully saturated rings. The largest absolute Gasteiger partial charge is 1.00 e. The van der Waals surface area contributed by atoms with E-state index in [1.807, 2.05) is 0 Å². The fourth-order valence-corrected chi connectivity index (χ4v) is 2.64. The van der Waals surface area contributed by atoms with E-state index in [0.717, 1.165) is 0 Å². The molecule has 0 saturated carbocycles. The Balaban J connectivity index is -0.000000538. The molecule has 0 aliphatic rings. The van der Waals surface area contributed by atoms with Gasteiger partial charge >= 0.3 is 29.6 Å². The molecule has 0 aromatic heterocycles. The summed E-state index contributed by atoms with van der Waals surface area (Å²) in [6, 6.07) is 0. The predicted molar refractivity (Wildman–Crippen MR) is 97.2 cm³/mol. The molecule has 0 aromatic carbocycles. The Morgan fingerprint density at radius 2 is 0.833 bits per heavy atom. The summed E-state index contributed by atoms with van der Waals surface area (Å²) in [5.41, 5.74) is 0. The van der Waals surface area contributed by atoms with Gasteiger partial charge in [-0.25, -0.2) is 0 Å². The molecule has 0 spiro atoms. The van der Waals surface area contributed by atoms with Crippen LogP contribution in [0.1, 0.15) is 79.1 Å². The Kier molecular flexibility index (Phi) is 25.6. The van der Waals surface area contributed by atoms with Crippen molar-refractivity contribution < 1.29 is 51.6 Å². The SMILES string of the molecule is CCCC[N+](CCCC)(CCCC)CCCC.O=S([O-])S(=O)[O-].[Na+]. The molecule has 8 heteroatoms. The fraction of sp³-hybridized carbons (Fsp3) is 1.00. The zero-order valence-electron chi connectivity index (χ0n) is 16.4. The first-order chi connectivity index (χ1) is 10.9. The average molecular weight is 394 g/mol. The quantitative estimate of drug-likeness (QED) is 0.199. The molecule has 0 aliphatic heterocycles. The van der Waals surface area contributed by atoms with Crippen molar-refractivity contribution in [3.8, 4) is 0 Å². The Hall–Kier alpha value is 1.18. The molecule has 0 rings (SSSR count). The first kappa shape index (κ1) is 29.9. The van der Waals surface area contributed by atoms with E-state index in [0.29, 0.717) is 0 Å². The van der Waals surface area contributed by atoms with Gasteiger partial charge in [0.15, 0.2) is 0 Å². The van der Waals surface area contributed by atoms with Crippen molar-refractivity contribution in [3.63, 3.8) is 0 Å². The van der Waals surface area contributed by atoms with Crippen molar-refractivity contribution in [1.82, 2.24) is 0 Å². The monoisotopic (exact) mass is 393 g/mol. The molecule has 142 valence electrons. The second kappa shape index (κ2) is 20.5. The Bertz CT molecular complexity index is 271. The van der Waals surface area contributed by atoms with Gasteiger partial charge in [0.1, 0.15) is 0 Å². The number of nitrogens with zero attached hydrogens (tertiary/aromatic N) is 1. The number of hydrogen-bond acceptors (Lipinski definition) is 4. The van der Waals surface area contributed by atoms with Crippen molar-refractivity contribution in [2.24, 2.45) is 0 Å². The van der Waals surface area contributed by atoms with Crippen LogP contribution in [0.4, 0.5) is 0 Å². The molecule has 24 heavy (non-hydrogen) atoms. The number of rotatable bonds is 13. The van der Waals surface area contributed by atoms with Gasteiger partial charge in [0.2, 0.25) is 0 Å². The van der Waals surface area contributed by atoms with Crippen LogP contribution in [0.3, 0.4) is 0 Å². The molecule has 0 radical (unpaired) electrons. The molecule has 0 saturated heterocycles. The van der Waals surface area contributed by atoms with E-state index >= 15 is 0 Å². The summed E-state index contributed by atoms with van der Waals surface area (Å²) in [6.07, 6.45) is 11.1. The maximum atomic E-state index is 9.09. The first-order valence-electron chi connectivity index (χ1n) is 8.93. The van der Waals surface area contributed by atoms with E-state index in [-0.39, 0.29) is 29.6 Å². The minimum absolute atomic E-state index is 0. The first-order valence-corrected chi connectivity index (χ1v) is 11.6. The molecule has 0 aromatic rings. The third kappa shape index (κ3) is 18.0. The van der Waals surface area contributed by atoms with Crippen molar-refractivity contribution >= 4 is 20.2 Å². The summed E-state index contributed by atoms with van der Waals surface area (Å²) in [5.74, 6) is 0. The van der Waals surface area contributed by atoms with Crippen LogP contribution in [0.5, 0.6) is 0 Å². The normalized spacial score (nSPS) is 13.4. The molecule has 0 aliphatic carbocycles. The van der Waals surface area contributed by atoms with Gasteiger partial charge in [-0.05, 0) is 25.7 Å². The van der Waals surface area contributed by atoms with Gasteiger partial charge in [0.05, 0.1) is 26.2 Å². The summed E-state index contributed by atoms with van der Waals surface area (Å²) < 4.78 is 37.8. The number of quaternary nitrogens is 1. The predicted octanol–water partition coefficient (Wildman–Crippen LogP) is 0.667. The Labute approximate surface area is 176 Å². The standard InChI is InChI=1S/C16H36N.Na.H2O4S2/c1-5-9-13-17(14-10-6-2,15-11-7-3)16-12-8-4;;1-5(2)6(3)4/h5-16H2,1-4H3;;(H,1,2)(H,3,4)/q2*+1;/p-2. The molecular formula is C16H36NNaO4S2. The number of hydrogen-bond donors (Lipinski definition) is 0. The van der Waals surface area contributed by atoms with Gasteiger partial charge in [-0.3, -0.25) is 8.42 Å². The van der Waals surface area contributed by atoms with E-state index in [1.165, 1.54) is 82.0 Å². The maximum Gasteiger partial charge on any atom is 1.00 e.